The molecule has 0 saturated heterocycles. The van der Waals surface area contributed by atoms with Crippen LogP contribution in [0.4, 0.5) is 0 Å². The number of amides is 1. The number of halogens is 2. The van der Waals surface area contributed by atoms with Gasteiger partial charge < -0.3 is 14.6 Å². The molecular weight excluding hydrogens is 385 g/mol. The van der Waals surface area contributed by atoms with Crippen molar-refractivity contribution in [2.45, 2.75) is 13.0 Å². The van der Waals surface area contributed by atoms with E-state index >= 15 is 0 Å². The molecular formula is C20H19Cl2N3O2. The number of carbonyl (C=O) groups excluding carboxylic acids is 1. The summed E-state index contributed by atoms with van der Waals surface area (Å²) in [5.74, 6) is 1.05. The average molecular weight is 404 g/mol. The van der Waals surface area contributed by atoms with Gasteiger partial charge in [-0.2, -0.15) is 0 Å². The Morgan fingerprint density at radius 2 is 1.96 bits per heavy atom. The summed E-state index contributed by atoms with van der Waals surface area (Å²) in [4.78, 5) is 16.9. The second kappa shape index (κ2) is 8.46. The highest BCUT2D eigenvalue weighted by molar-refractivity contribution is 6.31. The molecule has 3 aromatic rings. The van der Waals surface area contributed by atoms with Crippen molar-refractivity contribution in [2.75, 3.05) is 6.61 Å². The highest BCUT2D eigenvalue weighted by Crippen LogP contribution is 2.23. The fourth-order valence-corrected chi connectivity index (χ4v) is 2.91. The van der Waals surface area contributed by atoms with E-state index in [9.17, 15) is 4.79 Å². The van der Waals surface area contributed by atoms with Gasteiger partial charge in [-0.15, -0.1) is 0 Å². The van der Waals surface area contributed by atoms with E-state index in [1.165, 1.54) is 0 Å². The van der Waals surface area contributed by atoms with Gasteiger partial charge in [0, 0.05) is 29.5 Å². The van der Waals surface area contributed by atoms with Crippen molar-refractivity contribution in [3.63, 3.8) is 0 Å². The number of hydrogen-bond acceptors (Lipinski definition) is 3. The van der Waals surface area contributed by atoms with Crippen molar-refractivity contribution < 1.29 is 9.53 Å². The molecule has 0 spiro atoms. The second-order valence-electron chi connectivity index (χ2n) is 6.15. The van der Waals surface area contributed by atoms with E-state index in [0.29, 0.717) is 21.6 Å². The minimum absolute atomic E-state index is 0.115. The third-order valence-electron chi connectivity index (χ3n) is 4.12. The van der Waals surface area contributed by atoms with Gasteiger partial charge >= 0.3 is 0 Å². The number of hydrogen-bond donors (Lipinski definition) is 1. The summed E-state index contributed by atoms with van der Waals surface area (Å²) in [5, 5.41) is 4.26. The van der Waals surface area contributed by atoms with Crippen molar-refractivity contribution in [3.05, 3.63) is 81.9 Å². The molecule has 1 heterocycles. The fourth-order valence-electron chi connectivity index (χ4n) is 2.67. The standard InChI is InChI=1S/C20H19Cl2N3O2/c1-13-11-16(7-8-17(13)22)27-12-18(26)24-19(20-23-9-10-25(20)2)14-3-5-15(21)6-4-14/h3-11,19H,12H2,1-2H3,(H,24,26)/t19-/m0/s1. The average Bonchev–Trinajstić information content (AvgIpc) is 3.07. The van der Waals surface area contributed by atoms with Crippen LogP contribution in [-0.2, 0) is 11.8 Å². The maximum atomic E-state index is 12.5. The number of carbonyl (C=O) groups is 1. The Morgan fingerprint density at radius 3 is 2.59 bits per heavy atom. The lowest BCUT2D eigenvalue weighted by Gasteiger charge is -2.19. The molecule has 0 bridgehead atoms. The maximum Gasteiger partial charge on any atom is 0.258 e. The second-order valence-corrected chi connectivity index (χ2v) is 6.99. The summed E-state index contributed by atoms with van der Waals surface area (Å²) in [6.07, 6.45) is 3.52. The molecule has 1 amide bonds. The molecule has 27 heavy (non-hydrogen) atoms. The molecule has 0 aliphatic heterocycles. The zero-order valence-electron chi connectivity index (χ0n) is 14.9. The van der Waals surface area contributed by atoms with Gasteiger partial charge in [-0.05, 0) is 48.4 Å². The largest absolute Gasteiger partial charge is 0.484 e. The molecule has 140 valence electrons. The smallest absolute Gasteiger partial charge is 0.258 e. The SMILES string of the molecule is Cc1cc(OCC(=O)N[C@@H](c2ccc(Cl)cc2)c2nccn2C)ccc1Cl. The summed E-state index contributed by atoms with van der Waals surface area (Å²) < 4.78 is 7.45. The summed E-state index contributed by atoms with van der Waals surface area (Å²) in [6.45, 7) is 1.77. The van der Waals surface area contributed by atoms with Gasteiger partial charge in [-0.3, -0.25) is 4.79 Å². The lowest BCUT2D eigenvalue weighted by Crippen LogP contribution is -2.34. The first-order valence-electron chi connectivity index (χ1n) is 8.35. The first-order chi connectivity index (χ1) is 12.9. The van der Waals surface area contributed by atoms with Crippen LogP contribution in [-0.4, -0.2) is 22.1 Å². The Bertz CT molecular complexity index is 939. The van der Waals surface area contributed by atoms with Gasteiger partial charge in [-0.25, -0.2) is 4.98 Å². The fraction of sp³-hybridized carbons (Fsp3) is 0.200. The Balaban J connectivity index is 1.73. The minimum atomic E-state index is -0.412. The van der Waals surface area contributed by atoms with E-state index in [2.05, 4.69) is 10.3 Å². The van der Waals surface area contributed by atoms with E-state index < -0.39 is 6.04 Å². The van der Waals surface area contributed by atoms with E-state index in [-0.39, 0.29) is 12.5 Å². The van der Waals surface area contributed by atoms with Gasteiger partial charge in [0.15, 0.2) is 6.61 Å². The zero-order valence-corrected chi connectivity index (χ0v) is 16.5. The molecule has 0 aliphatic carbocycles. The summed E-state index contributed by atoms with van der Waals surface area (Å²) in [7, 11) is 1.88. The first kappa shape index (κ1) is 19.3. The van der Waals surface area contributed by atoms with E-state index in [1.807, 2.05) is 36.9 Å². The number of imidazole rings is 1. The molecule has 7 heteroatoms. The van der Waals surface area contributed by atoms with Crippen LogP contribution >= 0.6 is 23.2 Å². The Morgan fingerprint density at radius 1 is 1.22 bits per heavy atom. The Labute approximate surface area is 167 Å². The Hall–Kier alpha value is -2.50. The molecule has 5 nitrogen and oxygen atoms in total. The molecule has 0 unspecified atom stereocenters. The third kappa shape index (κ3) is 4.81. The van der Waals surface area contributed by atoms with Crippen LogP contribution in [0.3, 0.4) is 0 Å². The predicted octanol–water partition coefficient (Wildman–Crippen LogP) is 4.32. The minimum Gasteiger partial charge on any atom is -0.484 e. The lowest BCUT2D eigenvalue weighted by atomic mass is 10.1. The summed E-state index contributed by atoms with van der Waals surface area (Å²) in [5.41, 5.74) is 1.77. The van der Waals surface area contributed by atoms with Crippen LogP contribution in [0.15, 0.2) is 54.9 Å². The highest BCUT2D eigenvalue weighted by Gasteiger charge is 2.21. The number of aryl methyl sites for hydroxylation is 2. The van der Waals surface area contributed by atoms with Crippen LogP contribution in [0, 0.1) is 6.92 Å². The predicted molar refractivity (Wildman–Crippen MR) is 106 cm³/mol. The van der Waals surface area contributed by atoms with Crippen molar-refractivity contribution >= 4 is 29.1 Å². The van der Waals surface area contributed by atoms with Crippen molar-refractivity contribution in [1.29, 1.82) is 0 Å². The van der Waals surface area contributed by atoms with Gasteiger partial charge in [0.25, 0.3) is 5.91 Å². The van der Waals surface area contributed by atoms with Crippen molar-refractivity contribution in [2.24, 2.45) is 7.05 Å². The highest BCUT2D eigenvalue weighted by atomic mass is 35.5. The molecule has 3 rings (SSSR count). The molecule has 1 N–H and O–H groups in total. The van der Waals surface area contributed by atoms with Gasteiger partial charge in [-0.1, -0.05) is 35.3 Å². The number of benzene rings is 2. The number of rotatable bonds is 6. The molecule has 1 aromatic heterocycles. The number of nitrogens with one attached hydrogen (secondary N) is 1. The maximum absolute atomic E-state index is 12.5. The van der Waals surface area contributed by atoms with E-state index in [0.717, 1.165) is 11.1 Å². The van der Waals surface area contributed by atoms with Gasteiger partial charge in [0.2, 0.25) is 0 Å². The number of ether oxygens (including phenoxy) is 1. The summed E-state index contributed by atoms with van der Waals surface area (Å²) in [6, 6.07) is 12.2. The van der Waals surface area contributed by atoms with E-state index in [4.69, 9.17) is 27.9 Å². The van der Waals surface area contributed by atoms with Crippen LogP contribution < -0.4 is 10.1 Å². The molecule has 1 atom stereocenters. The van der Waals surface area contributed by atoms with Gasteiger partial charge in [0.05, 0.1) is 0 Å². The van der Waals surface area contributed by atoms with E-state index in [1.54, 1.807) is 36.5 Å². The van der Waals surface area contributed by atoms with Crippen LogP contribution in [0.5, 0.6) is 5.75 Å². The third-order valence-corrected chi connectivity index (χ3v) is 4.80. The molecule has 2 aromatic carbocycles. The molecule has 0 aliphatic rings. The normalized spacial score (nSPS) is 11.9. The molecule has 0 fully saturated rings. The molecule has 0 saturated carbocycles. The summed E-state index contributed by atoms with van der Waals surface area (Å²) >= 11 is 12.0. The van der Waals surface area contributed by atoms with Crippen LogP contribution in [0.25, 0.3) is 0 Å². The number of nitrogens with zero attached hydrogens (tertiary/aromatic N) is 2. The quantitative estimate of drug-likeness (QED) is 0.666. The zero-order chi connectivity index (χ0) is 19.4. The first-order valence-corrected chi connectivity index (χ1v) is 9.10. The van der Waals surface area contributed by atoms with Crippen LogP contribution in [0.2, 0.25) is 10.0 Å². The van der Waals surface area contributed by atoms with Crippen molar-refractivity contribution in [3.8, 4) is 5.75 Å². The van der Waals surface area contributed by atoms with Crippen LogP contribution in [0.1, 0.15) is 23.0 Å². The van der Waals surface area contributed by atoms with Gasteiger partial charge in [0.1, 0.15) is 17.6 Å². The monoisotopic (exact) mass is 403 g/mol. The Kier molecular flexibility index (Phi) is 6.04. The number of aromatic nitrogens is 2. The lowest BCUT2D eigenvalue weighted by molar-refractivity contribution is -0.123. The van der Waals surface area contributed by atoms with Crippen molar-refractivity contribution in [1.82, 2.24) is 14.9 Å². The molecule has 0 radical (unpaired) electrons. The topological polar surface area (TPSA) is 56.1 Å².